The van der Waals surface area contributed by atoms with Gasteiger partial charge in [0.05, 0.1) is 5.56 Å². The molecule has 2 rings (SSSR count). The molecule has 1 aromatic carbocycles. The lowest BCUT2D eigenvalue weighted by Crippen LogP contribution is -2.54. The van der Waals surface area contributed by atoms with Gasteiger partial charge >= 0.3 is 6.18 Å². The molecule has 0 saturated heterocycles. The predicted octanol–water partition coefficient (Wildman–Crippen LogP) is 1.49. The van der Waals surface area contributed by atoms with Crippen molar-refractivity contribution in [1.29, 1.82) is 0 Å². The number of halogens is 4. The summed E-state index contributed by atoms with van der Waals surface area (Å²) in [4.78, 5) is 11.7. The first-order valence-electron chi connectivity index (χ1n) is 6.46. The number of nitrogens with one attached hydrogen (secondary N) is 1. The summed E-state index contributed by atoms with van der Waals surface area (Å²) in [6, 6.07) is 1.55. The van der Waals surface area contributed by atoms with Crippen molar-refractivity contribution in [3.05, 3.63) is 35.1 Å². The Labute approximate surface area is 125 Å². The average molecular weight is 316 g/mol. The van der Waals surface area contributed by atoms with Gasteiger partial charge in [0.2, 0.25) is 5.91 Å². The van der Waals surface area contributed by atoms with Gasteiger partial charge < -0.3 is 5.11 Å². The fourth-order valence-corrected chi connectivity index (χ4v) is 1.98. The van der Waals surface area contributed by atoms with Gasteiger partial charge in [-0.15, -0.1) is 0 Å². The summed E-state index contributed by atoms with van der Waals surface area (Å²) < 4.78 is 51.3. The van der Waals surface area contributed by atoms with Gasteiger partial charge in [0.25, 0.3) is 0 Å². The van der Waals surface area contributed by atoms with Crippen LogP contribution < -0.4 is 5.43 Å². The quantitative estimate of drug-likeness (QED) is 0.383. The Hall–Kier alpha value is -1.61. The third kappa shape index (κ3) is 3.59. The van der Waals surface area contributed by atoms with Crippen LogP contribution in [0.15, 0.2) is 18.2 Å². The van der Waals surface area contributed by atoms with Gasteiger partial charge in [-0.25, -0.2) is 9.82 Å². The highest BCUT2D eigenvalue weighted by atomic mass is 19.4. The van der Waals surface area contributed by atoms with E-state index < -0.39 is 28.7 Å². The van der Waals surface area contributed by atoms with Crippen LogP contribution in [0.2, 0.25) is 0 Å². The number of nitrogens with zero attached hydrogens (tertiary/aromatic N) is 1. The van der Waals surface area contributed by atoms with Crippen LogP contribution in [-0.2, 0) is 16.6 Å². The minimum Gasteiger partial charge on any atom is -0.379 e. The van der Waals surface area contributed by atoms with Gasteiger partial charge in [0, 0.05) is 18.5 Å². The molecule has 1 aliphatic rings. The van der Waals surface area contributed by atoms with Gasteiger partial charge in [-0.2, -0.15) is 13.2 Å². The molecule has 1 fully saturated rings. The van der Waals surface area contributed by atoms with E-state index in [0.717, 1.165) is 11.1 Å². The standard InChI is InChI=1S/C13H13BF4N2O2/c1-20(11(21)7-2-3-7)19-12(14,22)9-5-4-8(6-10(9)15)13(16,17)18/h4-7,19,22H,2-3H2,1H3. The number of hydrogen-bond donors (Lipinski definition) is 2. The van der Waals surface area contributed by atoms with E-state index in [-0.39, 0.29) is 17.9 Å². The smallest absolute Gasteiger partial charge is 0.379 e. The molecule has 1 unspecified atom stereocenters. The topological polar surface area (TPSA) is 52.6 Å². The highest BCUT2D eigenvalue weighted by Crippen LogP contribution is 2.32. The van der Waals surface area contributed by atoms with Gasteiger partial charge in [-0.3, -0.25) is 9.80 Å². The van der Waals surface area contributed by atoms with Crippen LogP contribution in [0.25, 0.3) is 0 Å². The zero-order chi connectivity index (χ0) is 16.7. The second-order valence-electron chi connectivity index (χ2n) is 5.24. The third-order valence-electron chi connectivity index (χ3n) is 3.30. The van der Waals surface area contributed by atoms with Crippen LogP contribution in [0.1, 0.15) is 24.0 Å². The highest BCUT2D eigenvalue weighted by molar-refractivity contribution is 6.14. The molecule has 9 heteroatoms. The highest BCUT2D eigenvalue weighted by Gasteiger charge is 2.37. The average Bonchev–Trinajstić information content (AvgIpc) is 3.19. The van der Waals surface area contributed by atoms with Crippen LogP contribution >= 0.6 is 0 Å². The molecular formula is C13H13BF4N2O2. The maximum atomic E-state index is 13.8. The van der Waals surface area contributed by atoms with Gasteiger partial charge in [0.15, 0.2) is 0 Å². The molecule has 1 saturated carbocycles. The van der Waals surface area contributed by atoms with E-state index in [4.69, 9.17) is 7.85 Å². The molecule has 1 amide bonds. The fourth-order valence-electron chi connectivity index (χ4n) is 1.98. The van der Waals surface area contributed by atoms with Crippen molar-refractivity contribution in [1.82, 2.24) is 10.4 Å². The Balaban J connectivity index is 2.19. The molecule has 0 aliphatic heterocycles. The van der Waals surface area contributed by atoms with Crippen LogP contribution in [0.4, 0.5) is 17.6 Å². The second kappa shape index (κ2) is 5.55. The maximum Gasteiger partial charge on any atom is 0.416 e. The Bertz CT molecular complexity index is 588. The number of amides is 1. The summed E-state index contributed by atoms with van der Waals surface area (Å²) in [5.74, 6) is -1.85. The van der Waals surface area contributed by atoms with Crippen molar-refractivity contribution in [3.8, 4) is 0 Å². The van der Waals surface area contributed by atoms with E-state index in [1.165, 1.54) is 7.05 Å². The van der Waals surface area contributed by atoms with E-state index in [9.17, 15) is 27.5 Å². The summed E-state index contributed by atoms with van der Waals surface area (Å²) in [6.07, 6.45) is -3.29. The molecule has 0 heterocycles. The molecule has 2 radical (unpaired) electrons. The number of alkyl halides is 3. The Kier molecular flexibility index (Phi) is 4.23. The Morgan fingerprint density at radius 3 is 2.45 bits per heavy atom. The van der Waals surface area contributed by atoms with Crippen LogP contribution in [0.5, 0.6) is 0 Å². The second-order valence-corrected chi connectivity index (χ2v) is 5.24. The summed E-state index contributed by atoms with van der Waals surface area (Å²) in [6.45, 7) is 0. The Morgan fingerprint density at radius 2 is 2.00 bits per heavy atom. The van der Waals surface area contributed by atoms with E-state index >= 15 is 0 Å². The molecule has 118 valence electrons. The molecule has 4 nitrogen and oxygen atoms in total. The normalized spacial score (nSPS) is 17.9. The molecule has 22 heavy (non-hydrogen) atoms. The summed E-state index contributed by atoms with van der Waals surface area (Å²) in [7, 11) is 6.78. The maximum absolute atomic E-state index is 13.8. The van der Waals surface area contributed by atoms with E-state index in [1.54, 1.807) is 0 Å². The predicted molar refractivity (Wildman–Crippen MR) is 69.7 cm³/mol. The third-order valence-corrected chi connectivity index (χ3v) is 3.30. The van der Waals surface area contributed by atoms with Crippen LogP contribution in [-0.4, -0.2) is 30.9 Å². The molecular weight excluding hydrogens is 303 g/mol. The lowest BCUT2D eigenvalue weighted by atomic mass is 9.83. The van der Waals surface area contributed by atoms with Crippen LogP contribution in [0.3, 0.4) is 0 Å². The first-order valence-corrected chi connectivity index (χ1v) is 6.46. The first-order chi connectivity index (χ1) is 10.0. The minimum atomic E-state index is -4.71. The van der Waals surface area contributed by atoms with E-state index in [0.29, 0.717) is 18.9 Å². The molecule has 2 N–H and O–H groups in total. The van der Waals surface area contributed by atoms with Gasteiger partial charge in [0.1, 0.15) is 19.3 Å². The summed E-state index contributed by atoms with van der Waals surface area (Å²) >= 11 is 0. The van der Waals surface area contributed by atoms with Crippen molar-refractivity contribution in [2.45, 2.75) is 24.6 Å². The molecule has 0 aromatic heterocycles. The van der Waals surface area contributed by atoms with Crippen molar-refractivity contribution < 1.29 is 27.5 Å². The summed E-state index contributed by atoms with van der Waals surface area (Å²) in [5.41, 5.74) is -2.13. The number of carbonyl (C=O) groups is 1. The van der Waals surface area contributed by atoms with Crippen LogP contribution in [0, 0.1) is 11.7 Å². The van der Waals surface area contributed by atoms with Gasteiger partial charge in [-0.1, -0.05) is 6.07 Å². The number of hydrazine groups is 1. The Morgan fingerprint density at radius 1 is 1.41 bits per heavy atom. The van der Waals surface area contributed by atoms with E-state index in [1.807, 2.05) is 0 Å². The van der Waals surface area contributed by atoms with Gasteiger partial charge in [-0.05, 0) is 25.0 Å². The molecule has 0 bridgehead atoms. The lowest BCUT2D eigenvalue weighted by molar-refractivity contribution is -0.139. The zero-order valence-electron chi connectivity index (χ0n) is 11.6. The van der Waals surface area contributed by atoms with Crippen molar-refractivity contribution in [2.24, 2.45) is 5.92 Å². The molecule has 0 spiro atoms. The SMILES string of the molecule is [B]C(O)(NN(C)C(=O)C1CC1)c1ccc(C(F)(F)F)cc1F. The lowest BCUT2D eigenvalue weighted by Gasteiger charge is -2.32. The number of hydrogen-bond acceptors (Lipinski definition) is 3. The number of rotatable bonds is 4. The van der Waals surface area contributed by atoms with Crippen molar-refractivity contribution >= 4 is 13.8 Å². The minimum absolute atomic E-state index is 0.175. The van der Waals surface area contributed by atoms with Crippen molar-refractivity contribution in [2.75, 3.05) is 7.05 Å². The molecule has 1 aromatic rings. The largest absolute Gasteiger partial charge is 0.416 e. The molecule has 1 aliphatic carbocycles. The number of carbonyl (C=O) groups excluding carboxylic acids is 1. The van der Waals surface area contributed by atoms with Crippen molar-refractivity contribution in [3.63, 3.8) is 0 Å². The summed E-state index contributed by atoms with van der Waals surface area (Å²) in [5, 5.41) is 10.9. The fraction of sp³-hybridized carbons (Fsp3) is 0.462. The first kappa shape index (κ1) is 16.8. The number of benzene rings is 1. The zero-order valence-corrected chi connectivity index (χ0v) is 11.6. The monoisotopic (exact) mass is 316 g/mol. The van der Waals surface area contributed by atoms with E-state index in [2.05, 4.69) is 5.43 Å². The number of aliphatic hydroxyl groups is 1. The molecule has 1 atom stereocenters.